The molecule has 0 aliphatic carbocycles. The van der Waals surface area contributed by atoms with Crippen LogP contribution >= 0.6 is 0 Å². The second-order valence-corrected chi connectivity index (χ2v) is 6.11. The van der Waals surface area contributed by atoms with Crippen LogP contribution in [0.2, 0.25) is 0 Å². The fourth-order valence-electron chi connectivity index (χ4n) is 1.56. The summed E-state index contributed by atoms with van der Waals surface area (Å²) >= 11 is 0. The monoisotopic (exact) mass is 213 g/mol. The maximum Gasteiger partial charge on any atom is 0.219 e. The molecule has 0 aromatic carbocycles. The van der Waals surface area contributed by atoms with Gasteiger partial charge in [-0.2, -0.15) is 0 Å². The summed E-state index contributed by atoms with van der Waals surface area (Å²) in [6.45, 7) is 15.5. The Hall–Kier alpha value is -0.530. The van der Waals surface area contributed by atoms with Gasteiger partial charge in [0.15, 0.2) is 0 Å². The van der Waals surface area contributed by atoms with E-state index in [0.717, 1.165) is 19.4 Å². The van der Waals surface area contributed by atoms with Gasteiger partial charge in [0.1, 0.15) is 0 Å². The lowest BCUT2D eigenvalue weighted by Crippen LogP contribution is -2.45. The molecule has 0 aromatic rings. The van der Waals surface area contributed by atoms with Crippen molar-refractivity contribution >= 4 is 5.91 Å². The summed E-state index contributed by atoms with van der Waals surface area (Å²) < 4.78 is 0. The maximum absolute atomic E-state index is 11.5. The van der Waals surface area contributed by atoms with E-state index in [4.69, 9.17) is 0 Å². The minimum atomic E-state index is -0.0599. The van der Waals surface area contributed by atoms with Gasteiger partial charge in [-0.05, 0) is 32.6 Å². The third-order valence-corrected chi connectivity index (χ3v) is 3.16. The van der Waals surface area contributed by atoms with Crippen LogP contribution in [0, 0.1) is 5.41 Å². The molecular formula is C13H27NO. The van der Waals surface area contributed by atoms with E-state index in [1.807, 2.05) is 4.90 Å². The molecular weight excluding hydrogens is 186 g/mol. The largest absolute Gasteiger partial charge is 0.338 e. The molecule has 0 spiro atoms. The van der Waals surface area contributed by atoms with E-state index in [0.29, 0.717) is 5.41 Å². The van der Waals surface area contributed by atoms with Crippen LogP contribution in [0.4, 0.5) is 0 Å². The molecule has 2 nitrogen and oxygen atoms in total. The molecule has 0 aliphatic heterocycles. The van der Waals surface area contributed by atoms with Gasteiger partial charge in [-0.15, -0.1) is 0 Å². The van der Waals surface area contributed by atoms with E-state index in [-0.39, 0.29) is 11.4 Å². The summed E-state index contributed by atoms with van der Waals surface area (Å²) in [5.74, 6) is 0.175. The van der Waals surface area contributed by atoms with Crippen molar-refractivity contribution < 1.29 is 4.79 Å². The molecule has 0 radical (unpaired) electrons. The predicted molar refractivity (Wildman–Crippen MR) is 65.8 cm³/mol. The van der Waals surface area contributed by atoms with Crippen molar-refractivity contribution in [1.29, 1.82) is 0 Å². The third kappa shape index (κ3) is 5.19. The highest BCUT2D eigenvalue weighted by Gasteiger charge is 2.25. The molecule has 0 saturated carbocycles. The van der Waals surface area contributed by atoms with Gasteiger partial charge < -0.3 is 4.90 Å². The molecule has 0 aromatic heterocycles. The van der Waals surface area contributed by atoms with Gasteiger partial charge in [-0.3, -0.25) is 4.79 Å². The fraction of sp³-hybridized carbons (Fsp3) is 0.923. The number of nitrogens with zero attached hydrogens (tertiary/aromatic N) is 1. The summed E-state index contributed by atoms with van der Waals surface area (Å²) in [6, 6.07) is 0. The van der Waals surface area contributed by atoms with Crippen LogP contribution in [0.1, 0.15) is 61.3 Å². The van der Waals surface area contributed by atoms with E-state index in [1.54, 1.807) is 6.92 Å². The average molecular weight is 213 g/mol. The Morgan fingerprint density at radius 2 is 1.60 bits per heavy atom. The number of carbonyl (C=O) groups excluding carboxylic acids is 1. The van der Waals surface area contributed by atoms with E-state index in [2.05, 4.69) is 41.5 Å². The van der Waals surface area contributed by atoms with Crippen molar-refractivity contribution in [1.82, 2.24) is 4.90 Å². The zero-order valence-electron chi connectivity index (χ0n) is 11.5. The second-order valence-electron chi connectivity index (χ2n) is 6.11. The summed E-state index contributed by atoms with van der Waals surface area (Å²) in [4.78, 5) is 13.5. The van der Waals surface area contributed by atoms with Gasteiger partial charge in [-0.25, -0.2) is 0 Å². The molecule has 0 aliphatic rings. The third-order valence-electron chi connectivity index (χ3n) is 3.16. The van der Waals surface area contributed by atoms with E-state index < -0.39 is 0 Å². The Morgan fingerprint density at radius 1 is 1.13 bits per heavy atom. The molecule has 0 fully saturated rings. The van der Waals surface area contributed by atoms with Gasteiger partial charge in [-0.1, -0.05) is 27.2 Å². The lowest BCUT2D eigenvalue weighted by molar-refractivity contribution is -0.133. The molecule has 2 heteroatoms. The minimum absolute atomic E-state index is 0.0599. The first-order valence-electron chi connectivity index (χ1n) is 5.88. The highest BCUT2D eigenvalue weighted by molar-refractivity contribution is 5.74. The van der Waals surface area contributed by atoms with Crippen LogP contribution in [-0.4, -0.2) is 22.9 Å². The van der Waals surface area contributed by atoms with E-state index in [1.165, 1.54) is 0 Å². The van der Waals surface area contributed by atoms with Crippen LogP contribution in [0.15, 0.2) is 0 Å². The Morgan fingerprint density at radius 3 is 1.87 bits per heavy atom. The van der Waals surface area contributed by atoms with E-state index in [9.17, 15) is 4.79 Å². The average Bonchev–Trinajstić information content (AvgIpc) is 2.01. The predicted octanol–water partition coefficient (Wildman–Crippen LogP) is 3.46. The standard InChI is InChI=1S/C13H27NO/c1-8-13(6,7)9-10-14(11(2)15)12(3,4)5/h8-10H2,1-7H3. The quantitative estimate of drug-likeness (QED) is 0.700. The number of amides is 1. The van der Waals surface area contributed by atoms with Gasteiger partial charge in [0, 0.05) is 19.0 Å². The summed E-state index contributed by atoms with van der Waals surface area (Å²) in [6.07, 6.45) is 2.23. The second kappa shape index (κ2) is 5.00. The lowest BCUT2D eigenvalue weighted by Gasteiger charge is -2.37. The molecule has 0 heterocycles. The maximum atomic E-state index is 11.5. The van der Waals surface area contributed by atoms with Crippen molar-refractivity contribution in [3.63, 3.8) is 0 Å². The van der Waals surface area contributed by atoms with Gasteiger partial charge >= 0.3 is 0 Å². The van der Waals surface area contributed by atoms with E-state index >= 15 is 0 Å². The normalized spacial score (nSPS) is 12.7. The molecule has 0 unspecified atom stereocenters. The molecule has 0 bridgehead atoms. The summed E-state index contributed by atoms with van der Waals surface area (Å²) in [5, 5.41) is 0. The van der Waals surface area contributed by atoms with Gasteiger partial charge in [0.2, 0.25) is 5.91 Å². The molecule has 0 atom stereocenters. The number of carbonyl (C=O) groups is 1. The molecule has 0 N–H and O–H groups in total. The van der Waals surface area contributed by atoms with Crippen molar-refractivity contribution in [2.24, 2.45) is 5.41 Å². The van der Waals surface area contributed by atoms with Crippen LogP contribution in [0.25, 0.3) is 0 Å². The number of rotatable bonds is 4. The van der Waals surface area contributed by atoms with Gasteiger partial charge in [0.25, 0.3) is 0 Å². The zero-order valence-corrected chi connectivity index (χ0v) is 11.5. The topological polar surface area (TPSA) is 20.3 Å². The molecule has 0 saturated heterocycles. The van der Waals surface area contributed by atoms with Crippen LogP contribution in [-0.2, 0) is 4.79 Å². The molecule has 90 valence electrons. The van der Waals surface area contributed by atoms with Crippen LogP contribution in [0.3, 0.4) is 0 Å². The minimum Gasteiger partial charge on any atom is -0.338 e. The van der Waals surface area contributed by atoms with Crippen LogP contribution in [0.5, 0.6) is 0 Å². The highest BCUT2D eigenvalue weighted by Crippen LogP contribution is 2.26. The van der Waals surface area contributed by atoms with Gasteiger partial charge in [0.05, 0.1) is 0 Å². The van der Waals surface area contributed by atoms with Crippen LogP contribution < -0.4 is 0 Å². The lowest BCUT2D eigenvalue weighted by atomic mass is 9.86. The number of hydrogen-bond donors (Lipinski definition) is 0. The Labute approximate surface area is 95.0 Å². The van der Waals surface area contributed by atoms with Crippen molar-refractivity contribution in [3.8, 4) is 0 Å². The Balaban J connectivity index is 4.40. The Bertz CT molecular complexity index is 213. The first-order chi connectivity index (χ1) is 6.60. The molecule has 0 rings (SSSR count). The Kier molecular flexibility index (Phi) is 4.82. The summed E-state index contributed by atoms with van der Waals surface area (Å²) in [7, 11) is 0. The van der Waals surface area contributed by atoms with Crippen molar-refractivity contribution in [3.05, 3.63) is 0 Å². The first-order valence-corrected chi connectivity index (χ1v) is 5.88. The smallest absolute Gasteiger partial charge is 0.219 e. The SMILES string of the molecule is CCC(C)(C)CCN(C(C)=O)C(C)(C)C. The zero-order chi connectivity index (χ0) is 12.3. The van der Waals surface area contributed by atoms with Crippen molar-refractivity contribution in [2.45, 2.75) is 66.8 Å². The highest BCUT2D eigenvalue weighted by atomic mass is 16.2. The fourth-order valence-corrected chi connectivity index (χ4v) is 1.56. The number of hydrogen-bond acceptors (Lipinski definition) is 1. The first kappa shape index (κ1) is 14.5. The molecule has 1 amide bonds. The summed E-state index contributed by atoms with van der Waals surface area (Å²) in [5.41, 5.74) is 0.272. The van der Waals surface area contributed by atoms with Crippen molar-refractivity contribution in [2.75, 3.05) is 6.54 Å². The molecule has 15 heavy (non-hydrogen) atoms.